The number of rotatable bonds is 6. The minimum absolute atomic E-state index is 0.377. The molecule has 0 aromatic heterocycles. The number of amides is 1. The molecule has 110 valence electrons. The highest BCUT2D eigenvalue weighted by Crippen LogP contribution is 2.27. The van der Waals surface area contributed by atoms with E-state index in [9.17, 15) is 14.7 Å². The lowest BCUT2D eigenvalue weighted by atomic mass is 9.84. The van der Waals surface area contributed by atoms with Crippen molar-refractivity contribution in [3.63, 3.8) is 0 Å². The summed E-state index contributed by atoms with van der Waals surface area (Å²) in [5, 5.41) is 11.8. The van der Waals surface area contributed by atoms with Gasteiger partial charge in [-0.3, -0.25) is 4.79 Å². The van der Waals surface area contributed by atoms with Crippen LogP contribution in [0.25, 0.3) is 0 Å². The molecule has 0 aromatic carbocycles. The van der Waals surface area contributed by atoms with Gasteiger partial charge >= 0.3 is 5.97 Å². The topological polar surface area (TPSA) is 75.6 Å². The molecule has 1 saturated carbocycles. The number of carboxylic acid groups (broad SMARTS) is 1. The second-order valence-electron chi connectivity index (χ2n) is 5.82. The van der Waals surface area contributed by atoms with Crippen LogP contribution in [-0.4, -0.2) is 35.7 Å². The van der Waals surface area contributed by atoms with Crippen LogP contribution in [0.1, 0.15) is 52.4 Å². The number of carboxylic acids is 1. The van der Waals surface area contributed by atoms with E-state index in [0.717, 1.165) is 25.7 Å². The van der Waals surface area contributed by atoms with Gasteiger partial charge in [-0.1, -0.05) is 32.1 Å². The van der Waals surface area contributed by atoms with Crippen molar-refractivity contribution >= 4 is 11.9 Å². The minimum Gasteiger partial charge on any atom is -0.480 e. The molecule has 5 heteroatoms. The Morgan fingerprint density at radius 3 is 2.37 bits per heavy atom. The molecule has 1 rings (SSSR count). The maximum atomic E-state index is 12.0. The van der Waals surface area contributed by atoms with Gasteiger partial charge in [-0.25, -0.2) is 4.79 Å². The van der Waals surface area contributed by atoms with Crippen molar-refractivity contribution in [2.45, 2.75) is 64.0 Å². The van der Waals surface area contributed by atoms with Crippen molar-refractivity contribution < 1.29 is 19.4 Å². The van der Waals surface area contributed by atoms with Crippen LogP contribution in [0.15, 0.2) is 0 Å². The molecule has 1 amide bonds. The Hall–Kier alpha value is -1.10. The average molecular weight is 271 g/mol. The van der Waals surface area contributed by atoms with E-state index < -0.39 is 17.6 Å². The molecule has 0 aromatic rings. The fraction of sp³-hybridized carbons (Fsp3) is 0.857. The normalized spacial score (nSPS) is 18.9. The van der Waals surface area contributed by atoms with Crippen molar-refractivity contribution in [3.8, 4) is 0 Å². The van der Waals surface area contributed by atoms with Crippen LogP contribution in [-0.2, 0) is 14.3 Å². The molecule has 0 unspecified atom stereocenters. The van der Waals surface area contributed by atoms with Gasteiger partial charge < -0.3 is 15.2 Å². The molecule has 0 saturated heterocycles. The Balaban J connectivity index is 2.57. The third-order valence-corrected chi connectivity index (χ3v) is 3.95. The summed E-state index contributed by atoms with van der Waals surface area (Å²) in [5.41, 5.74) is -1.000. The quantitative estimate of drug-likeness (QED) is 0.774. The van der Waals surface area contributed by atoms with E-state index in [1.165, 1.54) is 13.5 Å². The fourth-order valence-electron chi connectivity index (χ4n) is 2.40. The number of methoxy groups -OCH3 is 1. The van der Waals surface area contributed by atoms with Crippen LogP contribution in [0.2, 0.25) is 0 Å². The highest BCUT2D eigenvalue weighted by Gasteiger charge is 2.32. The van der Waals surface area contributed by atoms with E-state index in [1.807, 2.05) is 0 Å². The van der Waals surface area contributed by atoms with E-state index in [2.05, 4.69) is 5.32 Å². The Morgan fingerprint density at radius 1 is 1.32 bits per heavy atom. The van der Waals surface area contributed by atoms with Gasteiger partial charge in [0.25, 0.3) is 5.91 Å². The molecule has 0 bridgehead atoms. The molecule has 19 heavy (non-hydrogen) atoms. The molecule has 1 aliphatic rings. The second kappa shape index (κ2) is 6.89. The SMILES string of the molecule is COC(C)(C)C(=O)N[C@H](CC1CCCCC1)C(=O)O. The highest BCUT2D eigenvalue weighted by molar-refractivity contribution is 5.88. The predicted molar refractivity (Wildman–Crippen MR) is 71.8 cm³/mol. The van der Waals surface area contributed by atoms with Gasteiger partial charge in [0.2, 0.25) is 0 Å². The van der Waals surface area contributed by atoms with Crippen molar-refractivity contribution in [1.29, 1.82) is 0 Å². The van der Waals surface area contributed by atoms with Gasteiger partial charge in [-0.15, -0.1) is 0 Å². The molecule has 5 nitrogen and oxygen atoms in total. The molecule has 1 atom stereocenters. The molecular weight excluding hydrogens is 246 g/mol. The second-order valence-corrected chi connectivity index (χ2v) is 5.82. The molecule has 0 aliphatic heterocycles. The summed E-state index contributed by atoms with van der Waals surface area (Å²) in [6.07, 6.45) is 6.20. The van der Waals surface area contributed by atoms with Gasteiger partial charge in [0.15, 0.2) is 0 Å². The fourth-order valence-corrected chi connectivity index (χ4v) is 2.40. The van der Waals surface area contributed by atoms with E-state index >= 15 is 0 Å². The molecule has 0 radical (unpaired) electrons. The number of nitrogens with one attached hydrogen (secondary N) is 1. The van der Waals surface area contributed by atoms with E-state index in [4.69, 9.17) is 4.74 Å². The summed E-state index contributed by atoms with van der Waals surface area (Å²) in [6, 6.07) is -0.815. The van der Waals surface area contributed by atoms with E-state index in [-0.39, 0.29) is 5.91 Å². The van der Waals surface area contributed by atoms with Crippen LogP contribution in [0.5, 0.6) is 0 Å². The van der Waals surface area contributed by atoms with Crippen molar-refractivity contribution in [1.82, 2.24) is 5.32 Å². The average Bonchev–Trinajstić information content (AvgIpc) is 2.38. The lowest BCUT2D eigenvalue weighted by Crippen LogP contribution is -2.51. The number of hydrogen-bond acceptors (Lipinski definition) is 3. The number of aliphatic carboxylic acids is 1. The Labute approximate surface area is 114 Å². The zero-order chi connectivity index (χ0) is 14.5. The number of carbonyl (C=O) groups excluding carboxylic acids is 1. The van der Waals surface area contributed by atoms with Crippen LogP contribution in [0.3, 0.4) is 0 Å². The van der Waals surface area contributed by atoms with Gasteiger partial charge in [-0.2, -0.15) is 0 Å². The lowest BCUT2D eigenvalue weighted by Gasteiger charge is -2.28. The monoisotopic (exact) mass is 271 g/mol. The predicted octanol–water partition coefficient (Wildman–Crippen LogP) is 1.95. The summed E-state index contributed by atoms with van der Waals surface area (Å²) in [5.74, 6) is -0.940. The summed E-state index contributed by atoms with van der Waals surface area (Å²) < 4.78 is 5.07. The maximum Gasteiger partial charge on any atom is 0.326 e. The summed E-state index contributed by atoms with van der Waals surface area (Å²) >= 11 is 0. The summed E-state index contributed by atoms with van der Waals surface area (Å²) in [7, 11) is 1.44. The molecule has 1 fully saturated rings. The largest absolute Gasteiger partial charge is 0.480 e. The Bertz CT molecular complexity index is 321. The van der Waals surface area contributed by atoms with Crippen LogP contribution in [0, 0.1) is 5.92 Å². The molecule has 1 aliphatic carbocycles. The molecule has 0 heterocycles. The van der Waals surface area contributed by atoms with Crippen molar-refractivity contribution in [2.75, 3.05) is 7.11 Å². The van der Waals surface area contributed by atoms with Gasteiger partial charge in [-0.05, 0) is 26.2 Å². The van der Waals surface area contributed by atoms with Crippen molar-refractivity contribution in [3.05, 3.63) is 0 Å². The first kappa shape index (κ1) is 16.0. The first-order valence-corrected chi connectivity index (χ1v) is 6.95. The van der Waals surface area contributed by atoms with E-state index in [0.29, 0.717) is 12.3 Å². The Kier molecular flexibility index (Phi) is 5.79. The van der Waals surface area contributed by atoms with Crippen LogP contribution < -0.4 is 5.32 Å². The third-order valence-electron chi connectivity index (χ3n) is 3.95. The van der Waals surface area contributed by atoms with Gasteiger partial charge in [0, 0.05) is 7.11 Å². The summed E-state index contributed by atoms with van der Waals surface area (Å²) in [4.78, 5) is 23.2. The number of hydrogen-bond donors (Lipinski definition) is 2. The number of carbonyl (C=O) groups is 2. The zero-order valence-electron chi connectivity index (χ0n) is 12.1. The minimum atomic E-state index is -1.000. The third kappa shape index (κ3) is 4.82. The smallest absolute Gasteiger partial charge is 0.326 e. The standard InChI is InChI=1S/C14H25NO4/c1-14(2,19-3)13(18)15-11(12(16)17)9-10-7-5-4-6-8-10/h10-11H,4-9H2,1-3H3,(H,15,18)(H,16,17)/t11-/m1/s1. The van der Waals surface area contributed by atoms with Gasteiger partial charge in [0.1, 0.15) is 11.6 Å². The maximum absolute atomic E-state index is 12.0. The van der Waals surface area contributed by atoms with Gasteiger partial charge in [0.05, 0.1) is 0 Å². The number of ether oxygens (including phenoxy) is 1. The first-order valence-electron chi connectivity index (χ1n) is 6.95. The summed E-state index contributed by atoms with van der Waals surface area (Å²) in [6.45, 7) is 3.25. The highest BCUT2D eigenvalue weighted by atomic mass is 16.5. The molecule has 0 spiro atoms. The molecular formula is C14H25NO4. The van der Waals surface area contributed by atoms with Crippen molar-refractivity contribution in [2.24, 2.45) is 5.92 Å². The Morgan fingerprint density at radius 2 is 1.89 bits per heavy atom. The van der Waals surface area contributed by atoms with Crippen LogP contribution >= 0.6 is 0 Å². The first-order chi connectivity index (χ1) is 8.86. The van der Waals surface area contributed by atoms with Crippen LogP contribution in [0.4, 0.5) is 0 Å². The molecule has 2 N–H and O–H groups in total. The van der Waals surface area contributed by atoms with E-state index in [1.54, 1.807) is 13.8 Å². The zero-order valence-corrected chi connectivity index (χ0v) is 12.1. The lowest BCUT2D eigenvalue weighted by molar-refractivity contribution is -0.147.